The Kier molecular flexibility index (Phi) is 7.88. The lowest BCUT2D eigenvalue weighted by Crippen LogP contribution is -2.35. The van der Waals surface area contributed by atoms with E-state index in [4.69, 9.17) is 14.2 Å². The van der Waals surface area contributed by atoms with Crippen molar-refractivity contribution >= 4 is 11.7 Å². The van der Waals surface area contributed by atoms with Crippen LogP contribution in [0.25, 0.3) is 0 Å². The Hall–Kier alpha value is -3.17. The molecule has 0 aliphatic carbocycles. The molecule has 1 aromatic heterocycles. The molecule has 10 heteroatoms. The molecule has 1 aromatic carbocycles. The minimum atomic E-state index is -4.41. The van der Waals surface area contributed by atoms with Gasteiger partial charge in [0.25, 0.3) is 0 Å². The molecule has 1 aliphatic heterocycles. The maximum absolute atomic E-state index is 12.8. The summed E-state index contributed by atoms with van der Waals surface area (Å²) in [6.07, 6.45) is -2.03. The Balaban J connectivity index is 1.59. The maximum atomic E-state index is 12.8. The van der Waals surface area contributed by atoms with E-state index >= 15 is 0 Å². The third kappa shape index (κ3) is 6.00. The van der Waals surface area contributed by atoms with Gasteiger partial charge >= 0.3 is 6.18 Å². The molecule has 33 heavy (non-hydrogen) atoms. The highest BCUT2D eigenvalue weighted by molar-refractivity contribution is 5.76. The van der Waals surface area contributed by atoms with E-state index in [1.807, 2.05) is 17.0 Å². The summed E-state index contributed by atoms with van der Waals surface area (Å²) in [6.45, 7) is 2.20. The highest BCUT2D eigenvalue weighted by atomic mass is 19.4. The molecule has 0 saturated carbocycles. The first-order valence-electron chi connectivity index (χ1n) is 10.6. The fraction of sp³-hybridized carbons (Fsp3) is 0.478. The van der Waals surface area contributed by atoms with Crippen LogP contribution in [0.3, 0.4) is 0 Å². The monoisotopic (exact) mass is 467 g/mol. The second kappa shape index (κ2) is 10.6. The smallest absolute Gasteiger partial charge is 0.417 e. The zero-order chi connectivity index (χ0) is 24.0. The Morgan fingerprint density at radius 1 is 1.00 bits per heavy atom. The van der Waals surface area contributed by atoms with Crippen LogP contribution >= 0.6 is 0 Å². The van der Waals surface area contributed by atoms with Crippen molar-refractivity contribution in [3.63, 3.8) is 0 Å². The number of halogens is 3. The normalized spacial score (nSPS) is 14.6. The summed E-state index contributed by atoms with van der Waals surface area (Å²) in [7, 11) is 4.62. The predicted octanol–water partition coefficient (Wildman–Crippen LogP) is 3.80. The molecule has 2 heterocycles. The number of aromatic nitrogens is 1. The number of anilines is 1. The zero-order valence-electron chi connectivity index (χ0n) is 18.9. The summed E-state index contributed by atoms with van der Waals surface area (Å²) in [4.78, 5) is 20.5. The first-order valence-corrected chi connectivity index (χ1v) is 10.6. The highest BCUT2D eigenvalue weighted by Crippen LogP contribution is 2.38. The van der Waals surface area contributed by atoms with Crippen molar-refractivity contribution in [1.82, 2.24) is 9.88 Å². The molecule has 1 saturated heterocycles. The van der Waals surface area contributed by atoms with Crippen molar-refractivity contribution in [3.8, 4) is 17.2 Å². The lowest BCUT2D eigenvalue weighted by atomic mass is 10.1. The second-order valence-corrected chi connectivity index (χ2v) is 7.66. The van der Waals surface area contributed by atoms with E-state index in [2.05, 4.69) is 4.98 Å². The molecule has 1 amide bonds. The van der Waals surface area contributed by atoms with Crippen LogP contribution < -0.4 is 19.1 Å². The van der Waals surface area contributed by atoms with Crippen molar-refractivity contribution < 1.29 is 32.2 Å². The van der Waals surface area contributed by atoms with E-state index in [1.54, 1.807) is 19.1 Å². The molecular formula is C23H28F3N3O4. The van der Waals surface area contributed by atoms with Crippen LogP contribution in [0.5, 0.6) is 17.2 Å². The number of carbonyl (C=O) groups is 1. The SMILES string of the molecule is COc1cc(CCC(=O)N2CCCN(c3ccc(C(F)(F)F)cn3)CC2)cc(OC)c1OC. The van der Waals surface area contributed by atoms with E-state index in [-0.39, 0.29) is 5.91 Å². The van der Waals surface area contributed by atoms with Gasteiger partial charge in [0.2, 0.25) is 11.7 Å². The van der Waals surface area contributed by atoms with Gasteiger partial charge in [0.05, 0.1) is 26.9 Å². The van der Waals surface area contributed by atoms with Gasteiger partial charge in [-0.15, -0.1) is 0 Å². The number of amides is 1. The molecule has 0 N–H and O–H groups in total. The number of ether oxygens (including phenoxy) is 3. The van der Waals surface area contributed by atoms with Gasteiger partial charge in [-0.05, 0) is 42.7 Å². The topological polar surface area (TPSA) is 64.1 Å². The van der Waals surface area contributed by atoms with Gasteiger partial charge in [0.1, 0.15) is 5.82 Å². The summed E-state index contributed by atoms with van der Waals surface area (Å²) in [6, 6.07) is 6.07. The van der Waals surface area contributed by atoms with Crippen LogP contribution in [-0.4, -0.2) is 63.3 Å². The molecule has 3 rings (SSSR count). The van der Waals surface area contributed by atoms with Crippen molar-refractivity contribution in [3.05, 3.63) is 41.6 Å². The van der Waals surface area contributed by atoms with E-state index < -0.39 is 11.7 Å². The Morgan fingerprint density at radius 3 is 2.24 bits per heavy atom. The highest BCUT2D eigenvalue weighted by Gasteiger charge is 2.31. The molecule has 7 nitrogen and oxygen atoms in total. The van der Waals surface area contributed by atoms with E-state index in [0.717, 1.165) is 17.8 Å². The van der Waals surface area contributed by atoms with Crippen molar-refractivity contribution in [2.45, 2.75) is 25.4 Å². The van der Waals surface area contributed by atoms with Crippen LogP contribution in [0.4, 0.5) is 19.0 Å². The molecular weight excluding hydrogens is 439 g/mol. The van der Waals surface area contributed by atoms with Gasteiger partial charge in [-0.3, -0.25) is 4.79 Å². The summed E-state index contributed by atoms with van der Waals surface area (Å²) in [5.74, 6) is 2.07. The molecule has 0 unspecified atom stereocenters. The maximum Gasteiger partial charge on any atom is 0.417 e. The number of benzene rings is 1. The Labute approximate surface area is 191 Å². The summed E-state index contributed by atoms with van der Waals surface area (Å²) in [5.41, 5.74) is 0.118. The van der Waals surface area contributed by atoms with E-state index in [0.29, 0.717) is 68.5 Å². The van der Waals surface area contributed by atoms with Crippen molar-refractivity contribution in [1.29, 1.82) is 0 Å². The molecule has 1 aliphatic rings. The number of nitrogens with zero attached hydrogens (tertiary/aromatic N) is 3. The fourth-order valence-corrected chi connectivity index (χ4v) is 3.83. The molecule has 0 atom stereocenters. The molecule has 1 fully saturated rings. The second-order valence-electron chi connectivity index (χ2n) is 7.66. The third-order valence-corrected chi connectivity index (χ3v) is 5.60. The van der Waals surface area contributed by atoms with Crippen LogP contribution in [0.15, 0.2) is 30.5 Å². The van der Waals surface area contributed by atoms with Crippen LogP contribution in [-0.2, 0) is 17.4 Å². The van der Waals surface area contributed by atoms with Gasteiger partial charge in [-0.1, -0.05) is 0 Å². The summed E-state index contributed by atoms with van der Waals surface area (Å²) in [5, 5.41) is 0. The molecule has 0 radical (unpaired) electrons. The minimum absolute atomic E-state index is 0.0194. The number of pyridine rings is 1. The van der Waals surface area contributed by atoms with E-state index in [9.17, 15) is 18.0 Å². The van der Waals surface area contributed by atoms with Gasteiger partial charge in [0, 0.05) is 38.8 Å². The zero-order valence-corrected chi connectivity index (χ0v) is 18.9. The first-order chi connectivity index (χ1) is 15.8. The van der Waals surface area contributed by atoms with Crippen LogP contribution in [0, 0.1) is 0 Å². The standard InChI is InChI=1S/C23H28F3N3O4/c1-31-18-13-16(14-19(32-2)22(18)33-3)5-8-21(30)29-10-4-9-28(11-12-29)20-7-6-17(15-27-20)23(24,25)26/h6-7,13-15H,4-5,8-12H2,1-3H3. The van der Waals surface area contributed by atoms with Gasteiger partial charge < -0.3 is 24.0 Å². The number of rotatable bonds is 7. The quantitative estimate of drug-likeness (QED) is 0.617. The van der Waals surface area contributed by atoms with Crippen LogP contribution in [0.2, 0.25) is 0 Å². The number of methoxy groups -OCH3 is 3. The lowest BCUT2D eigenvalue weighted by Gasteiger charge is -2.23. The van der Waals surface area contributed by atoms with Crippen molar-refractivity contribution in [2.75, 3.05) is 52.4 Å². The molecule has 2 aromatic rings. The van der Waals surface area contributed by atoms with Crippen LogP contribution in [0.1, 0.15) is 24.0 Å². The largest absolute Gasteiger partial charge is 0.493 e. The lowest BCUT2D eigenvalue weighted by molar-refractivity contribution is -0.137. The third-order valence-electron chi connectivity index (χ3n) is 5.60. The molecule has 0 spiro atoms. The number of alkyl halides is 3. The van der Waals surface area contributed by atoms with Gasteiger partial charge in [-0.25, -0.2) is 4.98 Å². The number of carbonyl (C=O) groups excluding carboxylic acids is 1. The van der Waals surface area contributed by atoms with Gasteiger partial charge in [0.15, 0.2) is 11.5 Å². The number of hydrogen-bond acceptors (Lipinski definition) is 6. The fourth-order valence-electron chi connectivity index (χ4n) is 3.83. The summed E-state index contributed by atoms with van der Waals surface area (Å²) >= 11 is 0. The molecule has 0 bridgehead atoms. The number of aryl methyl sites for hydroxylation is 1. The van der Waals surface area contributed by atoms with E-state index in [1.165, 1.54) is 13.2 Å². The molecule has 180 valence electrons. The average Bonchev–Trinajstić information content (AvgIpc) is 3.07. The van der Waals surface area contributed by atoms with Gasteiger partial charge in [-0.2, -0.15) is 13.2 Å². The Morgan fingerprint density at radius 2 is 1.70 bits per heavy atom. The number of hydrogen-bond donors (Lipinski definition) is 0. The minimum Gasteiger partial charge on any atom is -0.493 e. The predicted molar refractivity (Wildman–Crippen MR) is 117 cm³/mol. The average molecular weight is 467 g/mol. The first kappa shape index (κ1) is 24.5. The Bertz CT molecular complexity index is 926. The van der Waals surface area contributed by atoms with Crippen molar-refractivity contribution in [2.24, 2.45) is 0 Å². The summed E-state index contributed by atoms with van der Waals surface area (Å²) < 4.78 is 54.4.